The second-order valence-corrected chi connectivity index (χ2v) is 9.29. The molecule has 3 heterocycles. The number of hydrogen-bond acceptors (Lipinski definition) is 8. The highest BCUT2D eigenvalue weighted by Crippen LogP contribution is 2.34. The number of ether oxygens (including phenoxy) is 2. The second kappa shape index (κ2) is 8.72. The Hall–Kier alpha value is -4.31. The van der Waals surface area contributed by atoms with E-state index in [1.807, 2.05) is 18.2 Å². The third-order valence-corrected chi connectivity index (χ3v) is 7.19. The zero-order valence-corrected chi connectivity index (χ0v) is 20.7. The number of thiazole rings is 1. The quantitative estimate of drug-likeness (QED) is 0.398. The number of hydrogen-bond donors (Lipinski definition) is 0. The first-order chi connectivity index (χ1) is 17.2. The van der Waals surface area contributed by atoms with Gasteiger partial charge >= 0.3 is 11.9 Å². The fourth-order valence-corrected chi connectivity index (χ4v) is 5.67. The molecular weight excluding hydrogens is 482 g/mol. The number of nitrogens with zero attached hydrogens (tertiary/aromatic N) is 3. The molecule has 2 aliphatic heterocycles. The summed E-state index contributed by atoms with van der Waals surface area (Å²) in [5, 5.41) is 0. The predicted octanol–water partition coefficient (Wildman–Crippen LogP) is 1.68. The number of fused-ring (bicyclic) bond motifs is 2. The molecule has 1 atom stereocenters. The Bertz CT molecular complexity index is 1660. The zero-order valence-electron chi connectivity index (χ0n) is 19.9. The molecule has 36 heavy (non-hydrogen) atoms. The molecule has 182 valence electrons. The molecular formula is C26H21N3O6S. The largest absolute Gasteiger partial charge is 0.466 e. The van der Waals surface area contributed by atoms with Crippen molar-refractivity contribution in [3.05, 3.63) is 90.6 Å². The Morgan fingerprint density at radius 2 is 1.75 bits per heavy atom. The molecule has 1 aromatic heterocycles. The summed E-state index contributed by atoms with van der Waals surface area (Å²) in [5.74, 6) is -1.04. The number of allylic oxidation sites excluding steroid dienone is 1. The van der Waals surface area contributed by atoms with Crippen molar-refractivity contribution in [2.45, 2.75) is 19.9 Å². The Kier molecular flexibility index (Phi) is 5.68. The lowest BCUT2D eigenvalue weighted by Gasteiger charge is -2.24. The lowest BCUT2D eigenvalue weighted by Crippen LogP contribution is -2.40. The highest BCUT2D eigenvalue weighted by Gasteiger charge is 2.36. The van der Waals surface area contributed by atoms with Crippen LogP contribution in [-0.2, 0) is 19.1 Å². The average Bonchev–Trinajstić information content (AvgIpc) is 3.30. The molecule has 3 aromatic rings. The summed E-state index contributed by atoms with van der Waals surface area (Å²) in [6.45, 7) is 2.98. The fraction of sp³-hybridized carbons (Fsp3) is 0.192. The molecule has 0 saturated carbocycles. The summed E-state index contributed by atoms with van der Waals surface area (Å²) in [7, 11) is 2.93. The van der Waals surface area contributed by atoms with Gasteiger partial charge in [0.05, 0.1) is 35.7 Å². The van der Waals surface area contributed by atoms with Gasteiger partial charge in [0.25, 0.3) is 11.5 Å². The van der Waals surface area contributed by atoms with Crippen LogP contribution >= 0.6 is 11.3 Å². The zero-order chi connectivity index (χ0) is 25.7. The van der Waals surface area contributed by atoms with Gasteiger partial charge in [-0.3, -0.25) is 19.0 Å². The molecule has 2 aliphatic rings. The van der Waals surface area contributed by atoms with Gasteiger partial charge in [-0.15, -0.1) is 0 Å². The van der Waals surface area contributed by atoms with E-state index in [2.05, 4.69) is 4.99 Å². The number of methoxy groups -OCH3 is 1. The number of aromatic nitrogens is 1. The topological polar surface area (TPSA) is 107 Å². The van der Waals surface area contributed by atoms with E-state index in [1.165, 1.54) is 23.5 Å². The molecule has 2 aromatic carbocycles. The van der Waals surface area contributed by atoms with Crippen LogP contribution in [-0.4, -0.2) is 36.6 Å². The highest BCUT2D eigenvalue weighted by atomic mass is 32.1. The number of esters is 2. The Morgan fingerprint density at radius 1 is 1.06 bits per heavy atom. The number of likely N-dealkylation sites (N-methyl/N-ethyl adjacent to an activating group) is 1. The van der Waals surface area contributed by atoms with Crippen LogP contribution in [0.1, 0.15) is 31.0 Å². The Morgan fingerprint density at radius 3 is 2.42 bits per heavy atom. The van der Waals surface area contributed by atoms with E-state index in [0.29, 0.717) is 38.6 Å². The number of para-hydroxylation sites is 1. The number of rotatable bonds is 3. The maximum atomic E-state index is 13.9. The van der Waals surface area contributed by atoms with Crippen molar-refractivity contribution in [2.24, 2.45) is 4.99 Å². The van der Waals surface area contributed by atoms with E-state index in [1.54, 1.807) is 44.3 Å². The minimum absolute atomic E-state index is 0.206. The van der Waals surface area contributed by atoms with Crippen LogP contribution in [0, 0.1) is 0 Å². The van der Waals surface area contributed by atoms with E-state index in [-0.39, 0.29) is 16.0 Å². The van der Waals surface area contributed by atoms with Crippen LogP contribution in [0.4, 0.5) is 5.69 Å². The third kappa shape index (κ3) is 3.57. The van der Waals surface area contributed by atoms with E-state index < -0.39 is 23.5 Å². The fourth-order valence-electron chi connectivity index (χ4n) is 4.53. The van der Waals surface area contributed by atoms with E-state index >= 15 is 0 Å². The van der Waals surface area contributed by atoms with Crippen molar-refractivity contribution < 1.29 is 23.9 Å². The maximum Gasteiger partial charge on any atom is 0.338 e. The first-order valence-electron chi connectivity index (χ1n) is 11.0. The highest BCUT2D eigenvalue weighted by molar-refractivity contribution is 7.07. The lowest BCUT2D eigenvalue weighted by atomic mass is 9.96. The molecule has 9 nitrogen and oxygen atoms in total. The van der Waals surface area contributed by atoms with Crippen molar-refractivity contribution in [3.63, 3.8) is 0 Å². The molecule has 0 fully saturated rings. The molecule has 1 amide bonds. The van der Waals surface area contributed by atoms with Crippen LogP contribution in [0.2, 0.25) is 0 Å². The van der Waals surface area contributed by atoms with Crippen molar-refractivity contribution in [2.75, 3.05) is 19.1 Å². The molecule has 0 radical (unpaired) electrons. The van der Waals surface area contributed by atoms with Gasteiger partial charge in [-0.1, -0.05) is 41.7 Å². The van der Waals surface area contributed by atoms with Gasteiger partial charge in [-0.25, -0.2) is 9.79 Å². The molecule has 0 aliphatic carbocycles. The first kappa shape index (κ1) is 23.4. The van der Waals surface area contributed by atoms with Crippen LogP contribution in [0.3, 0.4) is 0 Å². The summed E-state index contributed by atoms with van der Waals surface area (Å²) in [6.07, 6.45) is 0. The molecule has 5 rings (SSSR count). The molecule has 10 heteroatoms. The molecule has 0 bridgehead atoms. The number of benzene rings is 2. The van der Waals surface area contributed by atoms with Crippen molar-refractivity contribution >= 4 is 40.4 Å². The standard InChI is InChI=1S/C26H21N3O6S/c1-13-19(25(33)34-4)21(15-9-11-16(12-10-15)35-14(2)30)29-24(32)22(36-26(29)27-13)20-17-7-5-6-8-18(17)28(3)23(20)31/h5-12,21H,1-4H3/b22-20-. The van der Waals surface area contributed by atoms with Gasteiger partial charge in [0.1, 0.15) is 10.3 Å². The van der Waals surface area contributed by atoms with Crippen molar-refractivity contribution in [3.8, 4) is 5.75 Å². The van der Waals surface area contributed by atoms with E-state index in [0.717, 1.165) is 11.3 Å². The molecule has 0 N–H and O–H groups in total. The SMILES string of the molecule is COC(=O)C1=C(C)N=c2s/c(=C3\C(=O)N(C)c4ccccc43)c(=O)n2C1c1ccc(OC(C)=O)cc1. The van der Waals surface area contributed by atoms with Gasteiger partial charge in [-0.05, 0) is 30.7 Å². The minimum Gasteiger partial charge on any atom is -0.466 e. The van der Waals surface area contributed by atoms with Gasteiger partial charge in [0.2, 0.25) is 0 Å². The van der Waals surface area contributed by atoms with Gasteiger partial charge in [0, 0.05) is 19.5 Å². The van der Waals surface area contributed by atoms with Gasteiger partial charge in [0.15, 0.2) is 4.80 Å². The summed E-state index contributed by atoms with van der Waals surface area (Å²) in [5.41, 5.74) is 2.46. The average molecular weight is 504 g/mol. The number of carbonyl (C=O) groups excluding carboxylic acids is 3. The number of amides is 1. The molecule has 0 saturated heterocycles. The van der Waals surface area contributed by atoms with Crippen molar-refractivity contribution in [1.82, 2.24) is 4.57 Å². The summed E-state index contributed by atoms with van der Waals surface area (Å²) < 4.78 is 11.8. The number of anilines is 1. The second-order valence-electron chi connectivity index (χ2n) is 8.31. The van der Waals surface area contributed by atoms with Crippen molar-refractivity contribution in [1.29, 1.82) is 0 Å². The minimum atomic E-state index is -0.848. The van der Waals surface area contributed by atoms with Crippen LogP contribution in [0.15, 0.2) is 69.6 Å². The first-order valence-corrected chi connectivity index (χ1v) is 11.8. The van der Waals surface area contributed by atoms with Gasteiger partial charge in [-0.2, -0.15) is 0 Å². The summed E-state index contributed by atoms with van der Waals surface area (Å²) >= 11 is 1.11. The summed E-state index contributed by atoms with van der Waals surface area (Å²) in [6, 6.07) is 13.0. The predicted molar refractivity (Wildman–Crippen MR) is 132 cm³/mol. The maximum absolute atomic E-state index is 13.9. The van der Waals surface area contributed by atoms with E-state index in [4.69, 9.17) is 9.47 Å². The lowest BCUT2D eigenvalue weighted by molar-refractivity contribution is -0.136. The summed E-state index contributed by atoms with van der Waals surface area (Å²) in [4.78, 5) is 57.6. The molecule has 0 spiro atoms. The normalized spacial score (nSPS) is 17.9. The smallest absolute Gasteiger partial charge is 0.338 e. The molecule has 1 unspecified atom stereocenters. The van der Waals surface area contributed by atoms with Crippen LogP contribution in [0.5, 0.6) is 5.75 Å². The Labute approximate surface area is 209 Å². The third-order valence-electron chi connectivity index (χ3n) is 6.14. The van der Waals surface area contributed by atoms with Gasteiger partial charge < -0.3 is 14.4 Å². The Balaban J connectivity index is 1.78. The monoisotopic (exact) mass is 503 g/mol. The number of carbonyl (C=O) groups is 3. The van der Waals surface area contributed by atoms with Crippen LogP contribution < -0.4 is 24.5 Å². The van der Waals surface area contributed by atoms with Crippen LogP contribution in [0.25, 0.3) is 5.57 Å². The van der Waals surface area contributed by atoms with E-state index in [9.17, 15) is 19.2 Å².